The molecule has 4 spiro atoms. The van der Waals surface area contributed by atoms with Gasteiger partial charge in [0, 0.05) is 66.8 Å². The van der Waals surface area contributed by atoms with Gasteiger partial charge < -0.3 is 38.6 Å². The zero-order valence-corrected chi connectivity index (χ0v) is 79.4. The normalized spacial score (nSPS) is 19.7. The van der Waals surface area contributed by atoms with E-state index >= 15 is 0 Å². The van der Waals surface area contributed by atoms with Crippen molar-refractivity contribution >= 4 is 71.4 Å². The number of benzene rings is 8. The largest absolute Gasteiger partial charge is 0.487 e. The molecule has 8 fully saturated rings. The van der Waals surface area contributed by atoms with E-state index in [1.807, 2.05) is 117 Å². The van der Waals surface area contributed by atoms with Crippen LogP contribution in [-0.2, 0) is 50.3 Å². The summed E-state index contributed by atoms with van der Waals surface area (Å²) in [5, 5.41) is 17.8. The molecular formula is C116H122Cl2O12. The van der Waals surface area contributed by atoms with Gasteiger partial charge in [-0.15, -0.1) is 12.8 Å². The summed E-state index contributed by atoms with van der Waals surface area (Å²) in [6.07, 6.45) is 41.9. The number of hydrogen-bond acceptors (Lipinski definition) is 10. The maximum Gasteiger partial charge on any atom is 0.349 e. The molecule has 2 N–H and O–H groups in total. The molecule has 0 saturated heterocycles. The second-order valence-corrected chi connectivity index (χ2v) is 41.6. The zero-order valence-electron chi connectivity index (χ0n) is 77.9. The highest BCUT2D eigenvalue weighted by Crippen LogP contribution is 2.63. The Bertz CT molecular complexity index is 5700. The van der Waals surface area contributed by atoms with Crippen molar-refractivity contribution in [2.24, 2.45) is 0 Å². The Morgan fingerprint density at radius 3 is 0.908 bits per heavy atom. The third-order valence-electron chi connectivity index (χ3n) is 27.0. The maximum absolute atomic E-state index is 11.3. The van der Waals surface area contributed by atoms with Gasteiger partial charge in [0.25, 0.3) is 0 Å². The van der Waals surface area contributed by atoms with E-state index in [2.05, 4.69) is 139 Å². The van der Waals surface area contributed by atoms with E-state index in [-0.39, 0.29) is 60.1 Å². The van der Waals surface area contributed by atoms with Crippen LogP contribution in [0.5, 0.6) is 23.0 Å². The number of ether oxygens (including phenoxy) is 6. The average Bonchev–Trinajstić information content (AvgIpc) is 1.58. The second-order valence-electron chi connectivity index (χ2n) is 40.8. The third-order valence-corrected chi connectivity index (χ3v) is 27.5. The van der Waals surface area contributed by atoms with Crippen LogP contribution in [0.1, 0.15) is 346 Å². The molecule has 4 heterocycles. The van der Waals surface area contributed by atoms with Crippen molar-refractivity contribution < 1.29 is 57.8 Å². The average molecular weight is 1780 g/mol. The van der Waals surface area contributed by atoms with Gasteiger partial charge in [0.2, 0.25) is 0 Å². The van der Waals surface area contributed by atoms with Crippen LogP contribution >= 0.6 is 23.2 Å². The number of aryl methyl sites for hydroxylation is 2. The van der Waals surface area contributed by atoms with E-state index in [4.69, 9.17) is 74.7 Å². The Balaban J connectivity index is 0.000000123. The van der Waals surface area contributed by atoms with E-state index in [9.17, 15) is 19.2 Å². The van der Waals surface area contributed by atoms with E-state index in [1.54, 1.807) is 39.8 Å². The van der Waals surface area contributed by atoms with Crippen LogP contribution < -0.4 is 18.9 Å². The number of aliphatic carboxylic acids is 2. The summed E-state index contributed by atoms with van der Waals surface area (Å²) in [7, 11) is 0. The summed E-state index contributed by atoms with van der Waals surface area (Å²) >= 11 is 11.5. The van der Waals surface area contributed by atoms with Crippen LogP contribution in [0, 0.1) is 62.2 Å². The number of carbonyl (C=O) groups is 4. The van der Waals surface area contributed by atoms with E-state index in [0.717, 1.165) is 92.8 Å². The monoisotopic (exact) mass is 1780 g/mol. The Morgan fingerprint density at radius 1 is 0.369 bits per heavy atom. The lowest BCUT2D eigenvalue weighted by Crippen LogP contribution is -2.36. The fraction of sp³-hybridized carbons (Fsp3) is 0.414. The highest BCUT2D eigenvalue weighted by Gasteiger charge is 2.58. The van der Waals surface area contributed by atoms with Crippen molar-refractivity contribution in [3.8, 4) is 71.4 Å². The SMILES string of the molecule is C#Cc1cc(C2CC2)c2c(c1)C(C)(C)CC1(CC1)O2.C#Cc1cc(C2CC2)c2c(c1)C(C)(C)CC1(CC1)O2.C/C(=C\c1ccc(C#Cc2cc(C3CC3)c3c(c2)C(C)(C)CC2(CC2)O3)cc1)C(=O)O.CC1(C)CC2(CC2)Oc2c(C3CC3)cc(C#Cc3ccc(/C=C(\Cl)C(=O)O)cc3)cc21.CCOC(=O)/C(C)=C/c1ccc(C)cc1.CCOC(=O)C(Cl)=Cc1ccc(C)cc1. The number of fused-ring (bicyclic) bond motifs is 4. The molecule has 0 atom stereocenters. The first-order valence-corrected chi connectivity index (χ1v) is 47.3. The molecule has 130 heavy (non-hydrogen) atoms. The molecule has 12 nitrogen and oxygen atoms in total. The summed E-state index contributed by atoms with van der Waals surface area (Å²) in [5.74, 6) is 23.3. The molecule has 0 aromatic heterocycles. The number of carboxylic acids is 2. The lowest BCUT2D eigenvalue weighted by atomic mass is 9.75. The standard InChI is InChI=1S/C28H28O3.C27H25ClO3.2C18H20O.C13H16O2.C12H13ClO2/c1-18(26(29)30)14-20-7-4-19(5-8-20)6-9-21-15-23(22-10-11-22)25-24(16-21)27(2,3)17-28(31-25)12-13-28;1-26(2)16-27(11-12-27)31-24-21(20-9-10-20)13-19(14-22(24)26)8-5-17-3-6-18(7-4-17)15-23(28)25(29)30;2*1-4-12-9-14(13-5-6-13)16-15(10-12)17(2,3)11-18(19-16)7-8-18;1-4-15-13(14)11(3)9-12-7-5-10(2)6-8-12;1-3-15-12(14)11(13)8-10-6-4-9(2)5-7-10/h4-5,7-8,14-16,22H,10-13,17H2,1-3H3,(H,29,30);3-4,6-7,13-15,20H,9-12,16H2,1-2H3,(H,29,30);2*1,9-10,13H,5-8,11H2,2-3H3;5-9H,4H2,1-3H3;4-8H,3H2,1-2H3/b18-14+;23-15-;;;11-9+;. The fourth-order valence-corrected chi connectivity index (χ4v) is 19.2. The number of esters is 2. The molecule has 0 amide bonds. The predicted molar refractivity (Wildman–Crippen MR) is 521 cm³/mol. The molecule has 672 valence electrons. The summed E-state index contributed by atoms with van der Waals surface area (Å²) in [4.78, 5) is 44.4. The van der Waals surface area contributed by atoms with Gasteiger partial charge in [-0.1, -0.05) is 198 Å². The minimum Gasteiger partial charge on any atom is -0.487 e. The minimum atomic E-state index is -1.14. The lowest BCUT2D eigenvalue weighted by Gasteiger charge is -2.39. The Hall–Kier alpha value is -11.4. The number of carboxylic acid groups (broad SMARTS) is 2. The molecule has 8 aromatic carbocycles. The summed E-state index contributed by atoms with van der Waals surface area (Å²) < 4.78 is 35.7. The Kier molecular flexibility index (Phi) is 26.9. The van der Waals surface area contributed by atoms with Crippen molar-refractivity contribution in [3.05, 3.63) is 278 Å². The van der Waals surface area contributed by atoms with Crippen molar-refractivity contribution in [2.45, 2.75) is 293 Å². The molecule has 8 saturated carbocycles. The summed E-state index contributed by atoms with van der Waals surface area (Å²) in [5.41, 5.74) is 24.5. The Labute approximate surface area is 779 Å². The first-order valence-electron chi connectivity index (χ1n) is 46.5. The fourth-order valence-electron chi connectivity index (χ4n) is 18.9. The molecular weight excluding hydrogens is 1660 g/mol. The molecule has 0 unspecified atom stereocenters. The zero-order chi connectivity index (χ0) is 92.6. The smallest absolute Gasteiger partial charge is 0.349 e. The van der Waals surface area contributed by atoms with Crippen LogP contribution in [0.2, 0.25) is 0 Å². The molecule has 12 aliphatic rings. The summed E-state index contributed by atoms with van der Waals surface area (Å²) in [6, 6.07) is 48.5. The number of rotatable bonds is 14. The molecule has 14 heteroatoms. The van der Waals surface area contributed by atoms with E-state index < -0.39 is 17.9 Å². The molecule has 0 radical (unpaired) electrons. The Morgan fingerprint density at radius 2 is 0.631 bits per heavy atom. The molecule has 20 rings (SSSR count). The van der Waals surface area contributed by atoms with Crippen LogP contribution in [-0.4, -0.2) is 69.7 Å². The van der Waals surface area contributed by atoms with Gasteiger partial charge in [0.15, 0.2) is 0 Å². The van der Waals surface area contributed by atoms with Gasteiger partial charge >= 0.3 is 23.9 Å². The molecule has 4 aliphatic heterocycles. The van der Waals surface area contributed by atoms with Gasteiger partial charge in [0.05, 0.1) is 13.2 Å². The van der Waals surface area contributed by atoms with E-state index in [1.165, 1.54) is 176 Å². The summed E-state index contributed by atoms with van der Waals surface area (Å²) in [6.45, 7) is 30.4. The molecule has 8 aliphatic carbocycles. The van der Waals surface area contributed by atoms with Crippen molar-refractivity contribution in [1.82, 2.24) is 0 Å². The van der Waals surface area contributed by atoms with Crippen molar-refractivity contribution in [2.75, 3.05) is 13.2 Å². The highest BCUT2D eigenvalue weighted by molar-refractivity contribution is 6.43. The number of halogens is 2. The maximum atomic E-state index is 11.3. The number of hydrogen-bond donors (Lipinski definition) is 2. The van der Waals surface area contributed by atoms with Crippen molar-refractivity contribution in [3.63, 3.8) is 0 Å². The molecule has 0 bridgehead atoms. The topological polar surface area (TPSA) is 164 Å². The first kappa shape index (κ1) is 93.3. The molecule has 8 aromatic rings. The third kappa shape index (κ3) is 23.0. The van der Waals surface area contributed by atoms with Crippen LogP contribution in [0.25, 0.3) is 24.3 Å². The van der Waals surface area contributed by atoms with Gasteiger partial charge in [-0.05, 0) is 357 Å². The van der Waals surface area contributed by atoms with Crippen LogP contribution in [0.4, 0.5) is 0 Å². The quantitative estimate of drug-likeness (QED) is 0.0602. The van der Waals surface area contributed by atoms with Gasteiger partial charge in [0.1, 0.15) is 55.5 Å². The van der Waals surface area contributed by atoms with Crippen LogP contribution in [0.15, 0.2) is 167 Å². The van der Waals surface area contributed by atoms with E-state index in [0.29, 0.717) is 48.0 Å². The first-order chi connectivity index (χ1) is 61.8. The van der Waals surface area contributed by atoms with Crippen molar-refractivity contribution in [1.29, 1.82) is 0 Å². The lowest BCUT2D eigenvalue weighted by molar-refractivity contribution is -0.139. The number of terminal acetylenes is 2. The van der Waals surface area contributed by atoms with Gasteiger partial charge in [-0.2, -0.15) is 0 Å². The number of carbonyl (C=O) groups excluding carboxylic acids is 2. The van der Waals surface area contributed by atoms with Gasteiger partial charge in [-0.25, -0.2) is 19.2 Å². The van der Waals surface area contributed by atoms with Crippen LogP contribution in [0.3, 0.4) is 0 Å². The predicted octanol–water partition coefficient (Wildman–Crippen LogP) is 26.6. The highest BCUT2D eigenvalue weighted by atomic mass is 35.5. The van der Waals surface area contributed by atoms with Gasteiger partial charge in [-0.3, -0.25) is 0 Å². The second kappa shape index (κ2) is 37.5. The minimum absolute atomic E-state index is 0.0765.